The molecule has 1 aliphatic heterocycles. The van der Waals surface area contributed by atoms with E-state index >= 15 is 0 Å². The summed E-state index contributed by atoms with van der Waals surface area (Å²) in [7, 11) is 1.32. The molecule has 0 aromatic heterocycles. The number of phenolic OH excluding ortho intramolecular Hbond substituents is 2. The Bertz CT molecular complexity index is 1800. The molecule has 1 saturated heterocycles. The second-order valence-corrected chi connectivity index (χ2v) is 13.6. The van der Waals surface area contributed by atoms with Gasteiger partial charge in [-0.2, -0.15) is 0 Å². The smallest absolute Gasteiger partial charge is 0.246 e. The van der Waals surface area contributed by atoms with E-state index < -0.39 is 95.7 Å². The number of rotatable bonds is 12. The second kappa shape index (κ2) is 17.6. The third kappa shape index (κ3) is 8.63. The predicted molar refractivity (Wildman–Crippen MR) is 190 cm³/mol. The van der Waals surface area contributed by atoms with E-state index in [1.54, 1.807) is 13.8 Å². The first-order valence-corrected chi connectivity index (χ1v) is 17.4. The molecule has 0 unspecified atom stereocenters. The molecule has 0 saturated carbocycles. The lowest BCUT2D eigenvalue weighted by atomic mass is 9.72. The minimum absolute atomic E-state index is 0.0173. The molecule has 1 heterocycles. The highest BCUT2D eigenvalue weighted by Gasteiger charge is 2.50. The van der Waals surface area contributed by atoms with E-state index in [9.17, 15) is 49.5 Å². The maximum Gasteiger partial charge on any atom is 0.246 e. The molecule has 11 N–H and O–H groups in total. The Hall–Kier alpha value is -4.75. The fraction of sp³-hybridized carbons (Fsp3) is 0.486. The molecular formula is C37H48N4O13. The summed E-state index contributed by atoms with van der Waals surface area (Å²) >= 11 is 0. The van der Waals surface area contributed by atoms with E-state index in [0.29, 0.717) is 18.5 Å². The maximum absolute atomic E-state index is 13.6. The van der Waals surface area contributed by atoms with Crippen LogP contribution >= 0.6 is 0 Å². The summed E-state index contributed by atoms with van der Waals surface area (Å²) in [4.78, 5) is 61.5. The lowest BCUT2D eigenvalue weighted by molar-refractivity contribution is -0.247. The van der Waals surface area contributed by atoms with Crippen LogP contribution in [0.2, 0.25) is 0 Å². The number of aromatic hydroxyl groups is 2. The highest BCUT2D eigenvalue weighted by Crippen LogP contribution is 2.52. The average molecular weight is 757 g/mol. The Labute approximate surface area is 311 Å². The van der Waals surface area contributed by atoms with Crippen LogP contribution in [0.15, 0.2) is 30.4 Å². The molecule has 17 nitrogen and oxygen atoms in total. The van der Waals surface area contributed by atoms with E-state index in [0.717, 1.165) is 19.3 Å². The number of carbonyl (C=O) groups excluding carboxylic acids is 5. The maximum atomic E-state index is 13.6. The molecule has 1 fully saturated rings. The molecule has 2 aromatic carbocycles. The summed E-state index contributed by atoms with van der Waals surface area (Å²) in [6.45, 7) is 6.37. The summed E-state index contributed by atoms with van der Waals surface area (Å²) in [6, 6.07) is 3.64. The number of hydrogen-bond acceptors (Lipinski definition) is 15. The molecule has 6 atom stereocenters. The monoisotopic (exact) mass is 756 g/mol. The number of hydrogen-bond donors (Lipinski definition) is 9. The lowest BCUT2D eigenvalue weighted by Crippen LogP contribution is -2.53. The first-order chi connectivity index (χ1) is 25.5. The van der Waals surface area contributed by atoms with Crippen molar-refractivity contribution in [2.45, 2.75) is 95.0 Å². The van der Waals surface area contributed by atoms with Crippen LogP contribution in [-0.4, -0.2) is 105 Å². The van der Waals surface area contributed by atoms with Crippen LogP contribution in [0, 0.1) is 0 Å². The number of amides is 2. The van der Waals surface area contributed by atoms with Gasteiger partial charge in [0.15, 0.2) is 17.9 Å². The number of unbranched alkanes of at least 4 members (excludes halogenated alkanes) is 2. The molecule has 2 aromatic rings. The number of phenols is 2. The minimum atomic E-state index is -2.24. The van der Waals surface area contributed by atoms with Gasteiger partial charge >= 0.3 is 0 Å². The number of hydrazine groups is 1. The molecular weight excluding hydrogens is 708 g/mol. The quantitative estimate of drug-likeness (QED) is 0.0299. The molecule has 0 bridgehead atoms. The average Bonchev–Trinajstić information content (AvgIpc) is 3.14. The van der Waals surface area contributed by atoms with E-state index in [4.69, 9.17) is 25.8 Å². The summed E-state index contributed by atoms with van der Waals surface area (Å²) in [6.07, 6.45) is -2.15. The molecule has 0 radical (unpaired) electrons. The standard InChI is InChI=1S/C27H29NO11.C10H19N3O2/c1-10-22(31)13(28)6-17(38-10)39-15-8-27(36,16(30)9-29)7-12-19(15)26(35)21-20(24(12)33)23(32)11-4-3-5-14(37-2)18(11)25(21)34;1-8(2)10(15)12-7-5-3-4-6-9(14)13-11/h3-5,10,13,15,17,22,29,31,33,35-36H,6-9,28H2,1-2H3;1,3-7,11H2,2H3,(H,12,15)(H,13,14)/t10-,13-,15-,17-,22+,27-;/m0./s1. The van der Waals surface area contributed by atoms with Gasteiger partial charge in [0.05, 0.1) is 42.1 Å². The first-order valence-electron chi connectivity index (χ1n) is 17.4. The highest BCUT2D eigenvalue weighted by molar-refractivity contribution is 6.31. The van der Waals surface area contributed by atoms with Crippen molar-refractivity contribution in [3.63, 3.8) is 0 Å². The first kappa shape index (κ1) is 42.0. The molecule has 2 aliphatic carbocycles. The van der Waals surface area contributed by atoms with E-state index in [2.05, 4.69) is 17.3 Å². The van der Waals surface area contributed by atoms with Crippen molar-refractivity contribution < 1.29 is 63.7 Å². The van der Waals surface area contributed by atoms with Gasteiger partial charge in [-0.05, 0) is 32.8 Å². The predicted octanol–water partition coefficient (Wildman–Crippen LogP) is 0.230. The summed E-state index contributed by atoms with van der Waals surface area (Å²) < 4.78 is 17.0. The summed E-state index contributed by atoms with van der Waals surface area (Å²) in [5.41, 5.74) is 4.95. The van der Waals surface area contributed by atoms with Crippen molar-refractivity contribution >= 4 is 29.2 Å². The largest absolute Gasteiger partial charge is 0.507 e. The Morgan fingerprint density at radius 1 is 1.07 bits per heavy atom. The van der Waals surface area contributed by atoms with Crippen LogP contribution in [-0.2, 0) is 30.3 Å². The molecule has 3 aliphatic rings. The van der Waals surface area contributed by atoms with Crippen molar-refractivity contribution in [3.8, 4) is 17.2 Å². The molecule has 17 heteroatoms. The van der Waals surface area contributed by atoms with Crippen LogP contribution in [0.1, 0.15) is 101 Å². The lowest BCUT2D eigenvalue weighted by Gasteiger charge is -2.42. The molecule has 54 heavy (non-hydrogen) atoms. The van der Waals surface area contributed by atoms with Crippen molar-refractivity contribution in [2.75, 3.05) is 20.3 Å². The Kier molecular flexibility index (Phi) is 13.7. The number of ether oxygens (including phenoxy) is 3. The Balaban J connectivity index is 0.000000368. The van der Waals surface area contributed by atoms with Gasteiger partial charge in [-0.3, -0.25) is 29.4 Å². The van der Waals surface area contributed by atoms with Gasteiger partial charge in [-0.1, -0.05) is 25.1 Å². The van der Waals surface area contributed by atoms with Gasteiger partial charge in [0.25, 0.3) is 0 Å². The number of fused-ring (bicyclic) bond motifs is 3. The van der Waals surface area contributed by atoms with Gasteiger partial charge in [-0.25, -0.2) is 5.84 Å². The highest BCUT2D eigenvalue weighted by atomic mass is 16.7. The zero-order chi connectivity index (χ0) is 40.1. The van der Waals surface area contributed by atoms with Crippen LogP contribution in [0.25, 0.3) is 0 Å². The zero-order valence-corrected chi connectivity index (χ0v) is 30.3. The van der Waals surface area contributed by atoms with Crippen LogP contribution in [0.4, 0.5) is 0 Å². The number of benzene rings is 2. The van der Waals surface area contributed by atoms with Gasteiger partial charge in [0, 0.05) is 60.5 Å². The summed E-state index contributed by atoms with van der Waals surface area (Å²) in [5, 5.41) is 56.4. The number of nitrogens with one attached hydrogen (secondary N) is 2. The van der Waals surface area contributed by atoms with Crippen LogP contribution in [0.3, 0.4) is 0 Å². The van der Waals surface area contributed by atoms with Gasteiger partial charge in [0.1, 0.15) is 29.5 Å². The number of nitrogens with two attached hydrogens (primary N) is 2. The minimum Gasteiger partial charge on any atom is -0.507 e. The van der Waals surface area contributed by atoms with Crippen LogP contribution < -0.4 is 27.1 Å². The van der Waals surface area contributed by atoms with E-state index in [-0.39, 0.29) is 46.2 Å². The summed E-state index contributed by atoms with van der Waals surface area (Å²) in [5.74, 6) is 0.877. The topological polar surface area (TPSA) is 290 Å². The number of ketones is 3. The van der Waals surface area contributed by atoms with Crippen molar-refractivity contribution in [1.82, 2.24) is 10.7 Å². The SMILES string of the molecule is C=C(C)C(=O)NCCCCCC(=O)NN.COc1cccc2c1C(=O)c1c(O)c3c(c(O)c1C2=O)C[C@@](O)(C(=O)CO)C[C@@H]3O[C@H]1C[C@H](N)[C@H](O)[C@H](C)O1. The fourth-order valence-corrected chi connectivity index (χ4v) is 6.76. The van der Waals surface area contributed by atoms with Gasteiger partial charge in [-0.15, -0.1) is 0 Å². The van der Waals surface area contributed by atoms with Crippen molar-refractivity contribution in [2.24, 2.45) is 11.6 Å². The third-order valence-corrected chi connectivity index (χ3v) is 9.72. The fourth-order valence-electron chi connectivity index (χ4n) is 6.76. The second-order valence-electron chi connectivity index (χ2n) is 13.6. The van der Waals surface area contributed by atoms with Crippen molar-refractivity contribution in [1.29, 1.82) is 0 Å². The number of aliphatic hydroxyl groups is 3. The molecule has 0 spiro atoms. The molecule has 2 amide bonds. The van der Waals surface area contributed by atoms with Crippen LogP contribution in [0.5, 0.6) is 17.2 Å². The van der Waals surface area contributed by atoms with Gasteiger partial charge < -0.3 is 50.8 Å². The molecule has 294 valence electrons. The Morgan fingerprint density at radius 2 is 1.76 bits per heavy atom. The van der Waals surface area contributed by atoms with Gasteiger partial charge in [0.2, 0.25) is 17.6 Å². The normalized spacial score (nSPS) is 24.2. The number of carbonyl (C=O) groups is 5. The number of methoxy groups -OCH3 is 1. The van der Waals surface area contributed by atoms with Crippen molar-refractivity contribution in [3.05, 3.63) is 63.7 Å². The van der Waals surface area contributed by atoms with E-state index in [1.165, 1.54) is 25.3 Å². The molecule has 5 rings (SSSR count). The zero-order valence-electron chi connectivity index (χ0n) is 30.3. The Morgan fingerprint density at radius 3 is 2.37 bits per heavy atom. The van der Waals surface area contributed by atoms with E-state index in [1.807, 2.05) is 0 Å². The third-order valence-electron chi connectivity index (χ3n) is 9.72. The number of Topliss-reactive ketones (excluding diaryl/α,β-unsaturated/α-hetero) is 1. The number of aliphatic hydroxyl groups excluding tert-OH is 2.